The van der Waals surface area contributed by atoms with Crippen LogP contribution in [0.2, 0.25) is 0 Å². The summed E-state index contributed by atoms with van der Waals surface area (Å²) in [5.41, 5.74) is 4.95. The lowest BCUT2D eigenvalue weighted by molar-refractivity contribution is -0.115. The van der Waals surface area contributed by atoms with E-state index in [2.05, 4.69) is 5.32 Å². The number of aryl methyl sites for hydroxylation is 2. The lowest BCUT2D eigenvalue weighted by atomic mass is 10.1. The average Bonchev–Trinajstić information content (AvgIpc) is 3.12. The summed E-state index contributed by atoms with van der Waals surface area (Å²) in [5, 5.41) is 2.64. The van der Waals surface area contributed by atoms with Crippen LogP contribution in [0.3, 0.4) is 0 Å². The van der Waals surface area contributed by atoms with Crippen molar-refractivity contribution in [3.8, 4) is 0 Å². The first-order chi connectivity index (χ1) is 14.4. The maximum atomic E-state index is 13.4. The van der Waals surface area contributed by atoms with Crippen LogP contribution < -0.4 is 10.2 Å². The molecule has 0 radical (unpaired) electrons. The first-order valence-corrected chi connectivity index (χ1v) is 10.6. The monoisotopic (exact) mass is 420 g/mol. The van der Waals surface area contributed by atoms with E-state index in [1.165, 1.54) is 23.8 Å². The molecule has 0 spiro atoms. The van der Waals surface area contributed by atoms with Crippen LogP contribution in [0.15, 0.2) is 66.7 Å². The zero-order chi connectivity index (χ0) is 21.3. The third kappa shape index (κ3) is 4.09. The van der Waals surface area contributed by atoms with Gasteiger partial charge in [-0.05, 0) is 73.0 Å². The van der Waals surface area contributed by atoms with Crippen LogP contribution >= 0.6 is 11.8 Å². The van der Waals surface area contributed by atoms with Gasteiger partial charge in [-0.3, -0.25) is 14.5 Å². The van der Waals surface area contributed by atoms with E-state index in [1.807, 2.05) is 55.1 Å². The van der Waals surface area contributed by atoms with Crippen molar-refractivity contribution in [1.29, 1.82) is 0 Å². The Morgan fingerprint density at radius 3 is 2.60 bits per heavy atom. The molecule has 6 heteroatoms. The number of carbonyl (C=O) groups excluding carboxylic acids is 2. The quantitative estimate of drug-likeness (QED) is 0.609. The largest absolute Gasteiger partial charge is 0.322 e. The van der Waals surface area contributed by atoms with E-state index >= 15 is 0 Å². The number of amides is 2. The van der Waals surface area contributed by atoms with Crippen LogP contribution in [0.1, 0.15) is 32.4 Å². The normalized spacial score (nSPS) is 16.0. The second-order valence-corrected chi connectivity index (χ2v) is 8.35. The molecular formula is C24H21FN2O2S. The number of hydrogen-bond donors (Lipinski definition) is 1. The van der Waals surface area contributed by atoms with Crippen LogP contribution in [0.5, 0.6) is 0 Å². The second kappa shape index (κ2) is 8.32. The van der Waals surface area contributed by atoms with Gasteiger partial charge < -0.3 is 5.32 Å². The van der Waals surface area contributed by atoms with E-state index in [1.54, 1.807) is 23.9 Å². The van der Waals surface area contributed by atoms with Crippen molar-refractivity contribution in [2.75, 3.05) is 16.0 Å². The Morgan fingerprint density at radius 1 is 1.03 bits per heavy atom. The number of anilines is 2. The molecule has 1 N–H and O–H groups in total. The molecular weight excluding hydrogens is 399 g/mol. The van der Waals surface area contributed by atoms with Gasteiger partial charge in [0.05, 0.1) is 5.75 Å². The average molecular weight is 421 g/mol. The molecule has 0 saturated carbocycles. The Bertz CT molecular complexity index is 1130. The Hall–Kier alpha value is -3.12. The fraction of sp³-hybridized carbons (Fsp3) is 0.167. The Morgan fingerprint density at radius 2 is 1.83 bits per heavy atom. The fourth-order valence-electron chi connectivity index (χ4n) is 3.43. The van der Waals surface area contributed by atoms with E-state index in [9.17, 15) is 14.0 Å². The summed E-state index contributed by atoms with van der Waals surface area (Å²) in [6.07, 6.45) is 0. The highest BCUT2D eigenvalue weighted by atomic mass is 32.2. The van der Waals surface area contributed by atoms with Gasteiger partial charge in [-0.25, -0.2) is 4.39 Å². The zero-order valence-corrected chi connectivity index (χ0v) is 17.5. The topological polar surface area (TPSA) is 49.4 Å². The Kier molecular flexibility index (Phi) is 5.59. The summed E-state index contributed by atoms with van der Waals surface area (Å²) >= 11 is 1.56. The van der Waals surface area contributed by atoms with Gasteiger partial charge in [-0.2, -0.15) is 0 Å². The summed E-state index contributed by atoms with van der Waals surface area (Å²) in [6.45, 7) is 4.08. The summed E-state index contributed by atoms with van der Waals surface area (Å²) in [5.74, 6) is -0.381. The van der Waals surface area contributed by atoms with E-state index in [0.29, 0.717) is 11.4 Å². The van der Waals surface area contributed by atoms with Gasteiger partial charge in [-0.1, -0.05) is 24.3 Å². The molecule has 2 amide bonds. The van der Waals surface area contributed by atoms with E-state index < -0.39 is 5.82 Å². The molecule has 1 aliphatic rings. The molecule has 4 rings (SSSR count). The predicted molar refractivity (Wildman–Crippen MR) is 119 cm³/mol. The van der Waals surface area contributed by atoms with E-state index in [-0.39, 0.29) is 22.8 Å². The zero-order valence-electron chi connectivity index (χ0n) is 16.7. The van der Waals surface area contributed by atoms with Gasteiger partial charge in [0.15, 0.2) is 0 Å². The van der Waals surface area contributed by atoms with Crippen molar-refractivity contribution in [2.24, 2.45) is 0 Å². The summed E-state index contributed by atoms with van der Waals surface area (Å²) < 4.78 is 13.4. The van der Waals surface area contributed by atoms with Gasteiger partial charge in [0.25, 0.3) is 5.91 Å². The molecule has 0 aliphatic carbocycles. The molecule has 0 bridgehead atoms. The number of halogens is 1. The Labute approximate surface area is 179 Å². The fourth-order valence-corrected chi connectivity index (χ4v) is 4.60. The van der Waals surface area contributed by atoms with Crippen molar-refractivity contribution in [1.82, 2.24) is 0 Å². The SMILES string of the molecule is Cc1ccc(N2C(=O)CS[C@@H]2c2cccc(NC(=O)c3cccc(F)c3)c2)cc1C. The molecule has 1 heterocycles. The smallest absolute Gasteiger partial charge is 0.255 e. The lowest BCUT2D eigenvalue weighted by Crippen LogP contribution is -2.28. The van der Waals surface area contributed by atoms with Crippen LogP contribution in [-0.4, -0.2) is 17.6 Å². The highest BCUT2D eigenvalue weighted by Crippen LogP contribution is 2.42. The number of benzene rings is 3. The van der Waals surface area contributed by atoms with Crippen molar-refractivity contribution in [2.45, 2.75) is 19.2 Å². The minimum absolute atomic E-state index is 0.0578. The molecule has 30 heavy (non-hydrogen) atoms. The van der Waals surface area contributed by atoms with Gasteiger partial charge in [0.1, 0.15) is 11.2 Å². The van der Waals surface area contributed by atoms with Crippen molar-refractivity contribution in [3.05, 3.63) is 94.8 Å². The van der Waals surface area contributed by atoms with Crippen molar-refractivity contribution < 1.29 is 14.0 Å². The maximum Gasteiger partial charge on any atom is 0.255 e. The minimum Gasteiger partial charge on any atom is -0.322 e. The molecule has 0 aromatic heterocycles. The van der Waals surface area contributed by atoms with Crippen LogP contribution in [0.4, 0.5) is 15.8 Å². The van der Waals surface area contributed by atoms with E-state index in [4.69, 9.17) is 0 Å². The first-order valence-electron chi connectivity index (χ1n) is 9.60. The minimum atomic E-state index is -0.457. The number of nitrogens with one attached hydrogen (secondary N) is 1. The van der Waals surface area contributed by atoms with Gasteiger partial charge in [0, 0.05) is 16.9 Å². The molecule has 3 aromatic carbocycles. The third-order valence-corrected chi connectivity index (χ3v) is 6.37. The number of carbonyl (C=O) groups is 2. The molecule has 1 fully saturated rings. The number of hydrogen-bond acceptors (Lipinski definition) is 3. The van der Waals surface area contributed by atoms with Crippen LogP contribution in [0.25, 0.3) is 0 Å². The van der Waals surface area contributed by atoms with Crippen molar-refractivity contribution in [3.63, 3.8) is 0 Å². The highest BCUT2D eigenvalue weighted by Gasteiger charge is 2.34. The van der Waals surface area contributed by atoms with Crippen LogP contribution in [0, 0.1) is 19.7 Å². The molecule has 152 valence electrons. The molecule has 1 aliphatic heterocycles. The standard InChI is InChI=1S/C24H21FN2O2S/c1-15-9-10-21(11-16(15)2)27-22(28)14-30-24(27)18-6-4-8-20(13-18)26-23(29)17-5-3-7-19(25)12-17/h3-13,24H,14H2,1-2H3,(H,26,29)/t24-/m1/s1. The summed E-state index contributed by atoms with van der Waals surface area (Å²) in [6, 6.07) is 19.0. The van der Waals surface area contributed by atoms with Gasteiger partial charge in [-0.15, -0.1) is 11.8 Å². The van der Waals surface area contributed by atoms with E-state index in [0.717, 1.165) is 16.8 Å². The molecule has 1 atom stereocenters. The highest BCUT2D eigenvalue weighted by molar-refractivity contribution is 8.00. The first kappa shape index (κ1) is 20.2. The molecule has 4 nitrogen and oxygen atoms in total. The Balaban J connectivity index is 1.60. The second-order valence-electron chi connectivity index (χ2n) is 7.29. The number of thioether (sulfide) groups is 1. The maximum absolute atomic E-state index is 13.4. The third-order valence-electron chi connectivity index (χ3n) is 5.15. The van der Waals surface area contributed by atoms with Gasteiger partial charge in [0.2, 0.25) is 5.91 Å². The summed E-state index contributed by atoms with van der Waals surface area (Å²) in [4.78, 5) is 26.9. The lowest BCUT2D eigenvalue weighted by Gasteiger charge is -2.25. The van der Waals surface area contributed by atoms with Gasteiger partial charge >= 0.3 is 0 Å². The summed E-state index contributed by atoms with van der Waals surface area (Å²) in [7, 11) is 0. The number of rotatable bonds is 4. The number of nitrogens with zero attached hydrogens (tertiary/aromatic N) is 1. The molecule has 0 unspecified atom stereocenters. The van der Waals surface area contributed by atoms with Crippen LogP contribution in [-0.2, 0) is 4.79 Å². The van der Waals surface area contributed by atoms with Crippen molar-refractivity contribution >= 4 is 35.0 Å². The predicted octanol–water partition coefficient (Wildman–Crippen LogP) is 5.47. The molecule has 1 saturated heterocycles. The molecule has 3 aromatic rings.